The molecular formula is C14H22N2O. The van der Waals surface area contributed by atoms with Gasteiger partial charge in [-0.1, -0.05) is 13.0 Å². The fraction of sp³-hybridized carbons (Fsp3) is 0.643. The Labute approximate surface area is 103 Å². The molecule has 3 heteroatoms. The van der Waals surface area contributed by atoms with Gasteiger partial charge in [0.15, 0.2) is 0 Å². The maximum Gasteiger partial charge on any atom is 0.0572 e. The summed E-state index contributed by atoms with van der Waals surface area (Å²) in [5, 5.41) is 9.48. The van der Waals surface area contributed by atoms with E-state index in [2.05, 4.69) is 29.8 Å². The Bertz CT molecular complexity index is 354. The van der Waals surface area contributed by atoms with Crippen molar-refractivity contribution in [1.29, 1.82) is 0 Å². The maximum absolute atomic E-state index is 9.48. The van der Waals surface area contributed by atoms with Crippen LogP contribution in [0, 0.1) is 5.41 Å². The Morgan fingerprint density at radius 2 is 2.35 bits per heavy atom. The minimum Gasteiger partial charge on any atom is -0.396 e. The van der Waals surface area contributed by atoms with E-state index in [1.54, 1.807) is 0 Å². The first kappa shape index (κ1) is 12.5. The second-order valence-electron chi connectivity index (χ2n) is 5.47. The summed E-state index contributed by atoms with van der Waals surface area (Å²) in [6.07, 6.45) is 4.13. The SMILES string of the molecule is CC(c1ccccn1)N1CCCC(C)(CO)C1. The van der Waals surface area contributed by atoms with Gasteiger partial charge in [-0.3, -0.25) is 9.88 Å². The van der Waals surface area contributed by atoms with Crippen molar-refractivity contribution in [2.75, 3.05) is 19.7 Å². The van der Waals surface area contributed by atoms with Crippen molar-refractivity contribution in [3.05, 3.63) is 30.1 Å². The minimum atomic E-state index is 0.0568. The van der Waals surface area contributed by atoms with Crippen LogP contribution in [0.1, 0.15) is 38.4 Å². The van der Waals surface area contributed by atoms with E-state index in [1.807, 2.05) is 18.3 Å². The first-order valence-electron chi connectivity index (χ1n) is 6.40. The molecule has 2 rings (SSSR count). The predicted molar refractivity (Wildman–Crippen MR) is 68.7 cm³/mol. The molecule has 1 aliphatic rings. The molecule has 0 bridgehead atoms. The normalized spacial score (nSPS) is 27.9. The molecule has 1 N–H and O–H groups in total. The van der Waals surface area contributed by atoms with Crippen LogP contribution in [0.25, 0.3) is 0 Å². The maximum atomic E-state index is 9.48. The van der Waals surface area contributed by atoms with Crippen LogP contribution in [0.3, 0.4) is 0 Å². The third-order valence-corrected chi connectivity index (χ3v) is 3.86. The quantitative estimate of drug-likeness (QED) is 0.871. The van der Waals surface area contributed by atoms with Gasteiger partial charge in [0, 0.05) is 30.8 Å². The van der Waals surface area contributed by atoms with Crippen molar-refractivity contribution in [2.45, 2.75) is 32.7 Å². The number of nitrogens with zero attached hydrogens (tertiary/aromatic N) is 2. The molecule has 0 saturated carbocycles. The second-order valence-corrected chi connectivity index (χ2v) is 5.47. The summed E-state index contributed by atoms with van der Waals surface area (Å²) in [6, 6.07) is 6.40. The van der Waals surface area contributed by atoms with Gasteiger partial charge in [0.2, 0.25) is 0 Å². The zero-order valence-electron chi connectivity index (χ0n) is 10.8. The van der Waals surface area contributed by atoms with Gasteiger partial charge in [-0.2, -0.15) is 0 Å². The van der Waals surface area contributed by atoms with E-state index in [-0.39, 0.29) is 12.0 Å². The van der Waals surface area contributed by atoms with Crippen LogP contribution in [0.15, 0.2) is 24.4 Å². The van der Waals surface area contributed by atoms with Gasteiger partial charge in [-0.15, -0.1) is 0 Å². The summed E-state index contributed by atoms with van der Waals surface area (Å²) in [6.45, 7) is 6.71. The number of rotatable bonds is 3. The zero-order valence-corrected chi connectivity index (χ0v) is 10.8. The molecule has 3 nitrogen and oxygen atoms in total. The molecule has 2 atom stereocenters. The number of hydrogen-bond donors (Lipinski definition) is 1. The third-order valence-electron chi connectivity index (χ3n) is 3.86. The van der Waals surface area contributed by atoms with Gasteiger partial charge >= 0.3 is 0 Å². The molecule has 2 heterocycles. The van der Waals surface area contributed by atoms with Crippen molar-refractivity contribution in [2.24, 2.45) is 5.41 Å². The lowest BCUT2D eigenvalue weighted by atomic mass is 9.82. The molecule has 0 aromatic carbocycles. The molecule has 1 aromatic heterocycles. The Kier molecular flexibility index (Phi) is 3.79. The lowest BCUT2D eigenvalue weighted by Gasteiger charge is -2.42. The van der Waals surface area contributed by atoms with Gasteiger partial charge in [0.1, 0.15) is 0 Å². The van der Waals surface area contributed by atoms with Crippen LogP contribution >= 0.6 is 0 Å². The minimum absolute atomic E-state index is 0.0568. The monoisotopic (exact) mass is 234 g/mol. The average Bonchev–Trinajstić information content (AvgIpc) is 2.39. The fourth-order valence-electron chi connectivity index (χ4n) is 2.63. The smallest absolute Gasteiger partial charge is 0.0572 e. The van der Waals surface area contributed by atoms with E-state index >= 15 is 0 Å². The number of aliphatic hydroxyl groups is 1. The van der Waals surface area contributed by atoms with E-state index in [0.29, 0.717) is 6.04 Å². The van der Waals surface area contributed by atoms with Crippen LogP contribution in [0.4, 0.5) is 0 Å². The molecular weight excluding hydrogens is 212 g/mol. The Morgan fingerprint density at radius 1 is 1.53 bits per heavy atom. The number of pyridine rings is 1. The van der Waals surface area contributed by atoms with Crippen molar-refractivity contribution >= 4 is 0 Å². The third kappa shape index (κ3) is 2.85. The van der Waals surface area contributed by atoms with Crippen molar-refractivity contribution in [3.63, 3.8) is 0 Å². The van der Waals surface area contributed by atoms with Crippen LogP contribution in [0.2, 0.25) is 0 Å². The summed E-state index contributed by atoms with van der Waals surface area (Å²) in [5.74, 6) is 0. The van der Waals surface area contributed by atoms with Crippen LogP contribution in [0.5, 0.6) is 0 Å². The molecule has 2 unspecified atom stereocenters. The number of aromatic nitrogens is 1. The lowest BCUT2D eigenvalue weighted by molar-refractivity contribution is 0.0272. The standard InChI is InChI=1S/C14H22N2O/c1-12(13-6-3-4-8-15-13)16-9-5-7-14(2,10-16)11-17/h3-4,6,8,12,17H,5,7,9-11H2,1-2H3. The van der Waals surface area contributed by atoms with Crippen LogP contribution in [-0.2, 0) is 0 Å². The number of aliphatic hydroxyl groups excluding tert-OH is 1. The molecule has 0 spiro atoms. The topological polar surface area (TPSA) is 36.4 Å². The molecule has 1 aromatic rings. The van der Waals surface area contributed by atoms with Gasteiger partial charge < -0.3 is 5.11 Å². The molecule has 1 fully saturated rings. The highest BCUT2D eigenvalue weighted by Crippen LogP contribution is 2.32. The first-order valence-corrected chi connectivity index (χ1v) is 6.40. The van der Waals surface area contributed by atoms with Crippen molar-refractivity contribution in [3.8, 4) is 0 Å². The zero-order chi connectivity index (χ0) is 12.3. The highest BCUT2D eigenvalue weighted by Gasteiger charge is 2.32. The van der Waals surface area contributed by atoms with Gasteiger partial charge in [0.05, 0.1) is 5.69 Å². The number of hydrogen-bond acceptors (Lipinski definition) is 3. The van der Waals surface area contributed by atoms with E-state index in [9.17, 15) is 5.11 Å². The van der Waals surface area contributed by atoms with E-state index in [1.165, 1.54) is 0 Å². The summed E-state index contributed by atoms with van der Waals surface area (Å²) in [7, 11) is 0. The predicted octanol–water partition coefficient (Wildman–Crippen LogP) is 2.24. The number of likely N-dealkylation sites (tertiary alicyclic amines) is 1. The van der Waals surface area contributed by atoms with Crippen LogP contribution < -0.4 is 0 Å². The van der Waals surface area contributed by atoms with Gasteiger partial charge in [-0.25, -0.2) is 0 Å². The Balaban J connectivity index is 2.07. The van der Waals surface area contributed by atoms with E-state index in [4.69, 9.17) is 0 Å². The van der Waals surface area contributed by atoms with Crippen molar-refractivity contribution < 1.29 is 5.11 Å². The first-order chi connectivity index (χ1) is 8.14. The number of piperidine rings is 1. The molecule has 94 valence electrons. The molecule has 0 radical (unpaired) electrons. The van der Waals surface area contributed by atoms with Gasteiger partial charge in [-0.05, 0) is 38.4 Å². The summed E-state index contributed by atoms with van der Waals surface area (Å²) >= 11 is 0. The second kappa shape index (κ2) is 5.15. The van der Waals surface area contributed by atoms with Crippen LogP contribution in [-0.4, -0.2) is 34.7 Å². The molecule has 1 saturated heterocycles. The summed E-state index contributed by atoms with van der Waals surface area (Å²) in [5.41, 5.74) is 1.18. The average molecular weight is 234 g/mol. The largest absolute Gasteiger partial charge is 0.396 e. The highest BCUT2D eigenvalue weighted by molar-refractivity contribution is 5.08. The van der Waals surface area contributed by atoms with E-state index in [0.717, 1.165) is 31.6 Å². The Hall–Kier alpha value is -0.930. The lowest BCUT2D eigenvalue weighted by Crippen LogP contribution is -2.44. The van der Waals surface area contributed by atoms with E-state index < -0.39 is 0 Å². The van der Waals surface area contributed by atoms with Crippen molar-refractivity contribution in [1.82, 2.24) is 9.88 Å². The molecule has 17 heavy (non-hydrogen) atoms. The molecule has 0 aliphatic carbocycles. The molecule has 0 amide bonds. The highest BCUT2D eigenvalue weighted by atomic mass is 16.3. The summed E-state index contributed by atoms with van der Waals surface area (Å²) in [4.78, 5) is 6.86. The van der Waals surface area contributed by atoms with Gasteiger partial charge in [0.25, 0.3) is 0 Å². The fourth-order valence-corrected chi connectivity index (χ4v) is 2.63. The molecule has 1 aliphatic heterocycles. The summed E-state index contributed by atoms with van der Waals surface area (Å²) < 4.78 is 0. The Morgan fingerprint density at radius 3 is 3.00 bits per heavy atom.